The van der Waals surface area contributed by atoms with Crippen LogP contribution in [0.25, 0.3) is 61.4 Å². The van der Waals surface area contributed by atoms with Crippen molar-refractivity contribution in [2.45, 2.75) is 44.4 Å². The number of hydrogen-bond acceptors (Lipinski definition) is 4. The average Bonchev–Trinajstić information content (AvgIpc) is 3.70. The van der Waals surface area contributed by atoms with Gasteiger partial charge in [-0.1, -0.05) is 41.3 Å². The summed E-state index contributed by atoms with van der Waals surface area (Å²) in [4.78, 5) is 14.1. The summed E-state index contributed by atoms with van der Waals surface area (Å²) in [6, 6.07) is 42.6. The fourth-order valence-corrected chi connectivity index (χ4v) is 9.04. The number of para-hydroxylation sites is 3. The molecule has 0 aliphatic rings. The second-order valence-electron chi connectivity index (χ2n) is 13.5. The van der Waals surface area contributed by atoms with Crippen molar-refractivity contribution in [3.05, 3.63) is 139 Å². The van der Waals surface area contributed by atoms with E-state index < -0.39 is 19.6 Å². The second-order valence-corrected chi connectivity index (χ2v) is 24.1. The summed E-state index contributed by atoms with van der Waals surface area (Å²) in [7, 11) is 0. The molecule has 0 fully saturated rings. The van der Waals surface area contributed by atoms with Crippen LogP contribution in [-0.4, -0.2) is 32.8 Å². The minimum absolute atomic E-state index is 0. The molecule has 0 aliphatic carbocycles. The zero-order chi connectivity index (χ0) is 35.9. The van der Waals surface area contributed by atoms with Crippen molar-refractivity contribution >= 4 is 50.8 Å². The van der Waals surface area contributed by atoms with Gasteiger partial charge in [0, 0.05) is 36.9 Å². The first-order valence-corrected chi connectivity index (χ1v) is 24.0. The molecule has 4 aromatic carbocycles. The molecule has 8 rings (SSSR count). The van der Waals surface area contributed by atoms with Gasteiger partial charge in [-0.05, 0) is 43.3 Å². The number of rotatable bonds is 6. The third kappa shape index (κ3) is 7.25. The van der Waals surface area contributed by atoms with Gasteiger partial charge in [-0.25, -0.2) is 4.98 Å². The molecule has 0 bridgehead atoms. The van der Waals surface area contributed by atoms with Gasteiger partial charge in [-0.3, -0.25) is 4.98 Å². The number of hydrogen-bond donors (Lipinski definition) is 0. The standard InChI is InChI=1S/C25H16N3O.C18H24GeN.Ir/c1-16-14-15-19-18-10-7-11-20(23(18)29-25(19)26-16)24-27-21-12-5-6-13-22(21)28(24)17-8-3-2-4-9-17;1-14(2)11-16-12-18(15-9-7-6-8-10-15)20-13-17(16)19(3,4)5;/h2-10,12-15H,1H3;6-9,12-14H,11H2,1-5H3;/q2*-1;/i;11D2;. The SMILES string of the molecule is Cc1ccc2c(n1)oc1c(-c3nc4ccccc4n3-c3ccccc3)[c-]ccc12.[2H]C([2H])(c1cc(-c2[c-]cccc2)nc[c]1[Ge]([CH3])([CH3])[CH3])C(C)C.[Ir]. The van der Waals surface area contributed by atoms with E-state index in [1.165, 1.54) is 0 Å². The minimum Gasteiger partial charge on any atom is 0 e. The van der Waals surface area contributed by atoms with Gasteiger partial charge in [0.2, 0.25) is 5.71 Å². The first kappa shape index (κ1) is 32.8. The van der Waals surface area contributed by atoms with E-state index in [2.05, 4.69) is 68.2 Å². The summed E-state index contributed by atoms with van der Waals surface area (Å²) >= 11 is -2.20. The summed E-state index contributed by atoms with van der Waals surface area (Å²) in [5, 5.41) is 2.02. The Kier molecular flexibility index (Phi) is 9.76. The van der Waals surface area contributed by atoms with E-state index in [-0.39, 0.29) is 26.0 Å². The molecule has 0 saturated carbocycles. The molecule has 5 nitrogen and oxygen atoms in total. The number of fused-ring (bicyclic) bond motifs is 4. The number of aromatic nitrogens is 4. The number of pyridine rings is 2. The Balaban J connectivity index is 0.000000183. The zero-order valence-electron chi connectivity index (χ0n) is 31.1. The van der Waals surface area contributed by atoms with Crippen LogP contribution in [0.1, 0.15) is 27.8 Å². The van der Waals surface area contributed by atoms with Gasteiger partial charge in [0.25, 0.3) is 0 Å². The van der Waals surface area contributed by atoms with Crippen LogP contribution >= 0.6 is 0 Å². The smallest absolute Gasteiger partial charge is 0 e. The maximum absolute atomic E-state index is 8.56. The predicted octanol–water partition coefficient (Wildman–Crippen LogP) is 10.4. The molecule has 4 aromatic heterocycles. The van der Waals surface area contributed by atoms with Crippen LogP contribution in [0.3, 0.4) is 0 Å². The summed E-state index contributed by atoms with van der Waals surface area (Å²) in [6.07, 6.45) is 0.562. The molecular formula is C43H40GeIrN4O-2. The van der Waals surface area contributed by atoms with Crippen LogP contribution in [0.5, 0.6) is 0 Å². The fraction of sp³-hybridized carbons (Fsp3) is 0.186. The molecule has 0 atom stereocenters. The average molecular weight is 896 g/mol. The largest absolute Gasteiger partial charge is 0 e. The topological polar surface area (TPSA) is 56.7 Å². The first-order valence-electron chi connectivity index (χ1n) is 17.7. The third-order valence-corrected chi connectivity index (χ3v) is 12.6. The van der Waals surface area contributed by atoms with Crippen molar-refractivity contribution in [1.82, 2.24) is 19.5 Å². The normalized spacial score (nSPS) is 12.4. The van der Waals surface area contributed by atoms with Crippen LogP contribution in [-0.2, 0) is 26.5 Å². The van der Waals surface area contributed by atoms with Gasteiger partial charge in [0.15, 0.2) is 0 Å². The summed E-state index contributed by atoms with van der Waals surface area (Å²) in [6.45, 7) is 5.84. The molecule has 7 heteroatoms. The van der Waals surface area contributed by atoms with Crippen molar-refractivity contribution < 1.29 is 27.3 Å². The Bertz CT molecular complexity index is 2490. The minimum atomic E-state index is -2.20. The van der Waals surface area contributed by atoms with E-state index in [9.17, 15) is 0 Å². The van der Waals surface area contributed by atoms with Crippen LogP contribution < -0.4 is 4.40 Å². The molecular weight excluding hydrogens is 853 g/mol. The van der Waals surface area contributed by atoms with Crippen LogP contribution in [0.15, 0.2) is 120 Å². The quantitative estimate of drug-likeness (QED) is 0.123. The first-order chi connectivity index (χ1) is 24.4. The Morgan fingerprint density at radius 1 is 0.840 bits per heavy atom. The maximum Gasteiger partial charge on any atom is 0 e. The molecule has 0 amide bonds. The monoisotopic (exact) mass is 897 g/mol. The van der Waals surface area contributed by atoms with Crippen molar-refractivity contribution in [2.75, 3.05) is 0 Å². The summed E-state index contributed by atoms with van der Waals surface area (Å²) in [5.41, 5.74) is 8.72. The van der Waals surface area contributed by atoms with Crippen LogP contribution in [0.4, 0.5) is 0 Å². The number of furan rings is 1. The van der Waals surface area contributed by atoms with E-state index in [0.29, 0.717) is 5.71 Å². The molecule has 1 radical (unpaired) electrons. The molecule has 4 heterocycles. The molecule has 253 valence electrons. The number of nitrogens with zero attached hydrogens (tertiary/aromatic N) is 4. The van der Waals surface area contributed by atoms with Crippen molar-refractivity contribution in [1.29, 1.82) is 0 Å². The van der Waals surface area contributed by atoms with Gasteiger partial charge in [-0.2, -0.15) is 0 Å². The molecule has 0 spiro atoms. The number of benzene rings is 4. The second kappa shape index (κ2) is 14.9. The third-order valence-electron chi connectivity index (χ3n) is 8.38. The Morgan fingerprint density at radius 3 is 2.34 bits per heavy atom. The summed E-state index contributed by atoms with van der Waals surface area (Å²) in [5.74, 6) is 7.58. The van der Waals surface area contributed by atoms with Crippen molar-refractivity contribution in [3.63, 3.8) is 0 Å². The van der Waals surface area contributed by atoms with Crippen molar-refractivity contribution in [3.8, 4) is 28.3 Å². The van der Waals surface area contributed by atoms with Crippen LogP contribution in [0, 0.1) is 25.0 Å². The Hall–Kier alpha value is -4.36. The van der Waals surface area contributed by atoms with E-state index >= 15 is 0 Å². The molecule has 0 unspecified atom stereocenters. The Labute approximate surface area is 313 Å². The van der Waals surface area contributed by atoms with Crippen LogP contribution in [0.2, 0.25) is 17.3 Å². The Morgan fingerprint density at radius 2 is 1.60 bits per heavy atom. The van der Waals surface area contributed by atoms with E-state index in [0.717, 1.165) is 71.4 Å². The molecule has 0 N–H and O–H groups in total. The number of aryl methyl sites for hydroxylation is 1. The predicted molar refractivity (Wildman–Crippen MR) is 205 cm³/mol. The molecule has 0 saturated heterocycles. The zero-order valence-corrected chi connectivity index (χ0v) is 33.6. The van der Waals surface area contributed by atoms with Gasteiger partial charge in [0.05, 0.1) is 22.4 Å². The van der Waals surface area contributed by atoms with Gasteiger partial charge in [0.1, 0.15) is 0 Å². The summed E-state index contributed by atoms with van der Waals surface area (Å²) < 4.78 is 26.6. The van der Waals surface area contributed by atoms with E-state index in [1.54, 1.807) is 0 Å². The van der Waals surface area contributed by atoms with Crippen molar-refractivity contribution in [2.24, 2.45) is 5.92 Å². The van der Waals surface area contributed by atoms with Gasteiger partial charge in [-0.15, -0.1) is 18.2 Å². The van der Waals surface area contributed by atoms with Gasteiger partial charge >= 0.3 is 128 Å². The molecule has 0 aliphatic heterocycles. The van der Waals surface area contributed by atoms with E-state index in [1.807, 2.05) is 112 Å². The van der Waals surface area contributed by atoms with E-state index in [4.69, 9.17) is 12.1 Å². The molecule has 8 aromatic rings. The molecule has 50 heavy (non-hydrogen) atoms. The van der Waals surface area contributed by atoms with Gasteiger partial charge < -0.3 is 8.98 Å². The fourth-order valence-electron chi connectivity index (χ4n) is 6.10. The maximum atomic E-state index is 8.56. The number of imidazole rings is 1.